The molecule has 5 rings (SSSR count). The molecule has 0 bridgehead atoms. The predicted octanol–water partition coefficient (Wildman–Crippen LogP) is 1.56. The second-order valence-electron chi connectivity index (χ2n) is 7.62. The van der Waals surface area contributed by atoms with E-state index >= 15 is 0 Å². The molecule has 1 aliphatic carbocycles. The van der Waals surface area contributed by atoms with Gasteiger partial charge in [0.1, 0.15) is 5.75 Å². The van der Waals surface area contributed by atoms with Crippen LogP contribution in [-0.4, -0.2) is 54.5 Å². The van der Waals surface area contributed by atoms with Gasteiger partial charge in [-0.05, 0) is 19.2 Å². The maximum Gasteiger partial charge on any atom is 0.240 e. The molecule has 2 atom stereocenters. The average molecular weight is 390 g/mol. The normalized spacial score (nSPS) is 25.1. The molecule has 29 heavy (non-hydrogen) atoms. The van der Waals surface area contributed by atoms with E-state index in [-0.39, 0.29) is 6.54 Å². The molecule has 2 heterocycles. The highest BCUT2D eigenvalue weighted by molar-refractivity contribution is 6.37. The smallest absolute Gasteiger partial charge is 0.240 e. The monoisotopic (exact) mass is 390 g/mol. The Morgan fingerprint density at radius 1 is 0.897 bits per heavy atom. The van der Waals surface area contributed by atoms with E-state index in [0.717, 1.165) is 4.90 Å². The van der Waals surface area contributed by atoms with Gasteiger partial charge in [0.2, 0.25) is 11.8 Å². The van der Waals surface area contributed by atoms with Crippen LogP contribution in [0.1, 0.15) is 20.7 Å². The Balaban J connectivity index is 1.66. The Hall–Kier alpha value is -3.32. The Kier molecular flexibility index (Phi) is 3.58. The van der Waals surface area contributed by atoms with Crippen LogP contribution in [0.5, 0.6) is 5.75 Å². The summed E-state index contributed by atoms with van der Waals surface area (Å²) in [7, 11) is 3.09. The molecule has 2 aliphatic heterocycles. The minimum absolute atomic E-state index is 0.159. The highest BCUT2D eigenvalue weighted by atomic mass is 16.5. The molecule has 0 saturated carbocycles. The number of carbonyl (C=O) groups is 4. The molecule has 146 valence electrons. The number of imide groups is 1. The maximum atomic E-state index is 13.5. The Morgan fingerprint density at radius 3 is 2.10 bits per heavy atom. The van der Waals surface area contributed by atoms with Crippen LogP contribution in [0.2, 0.25) is 0 Å². The second kappa shape index (κ2) is 5.84. The van der Waals surface area contributed by atoms with E-state index in [9.17, 15) is 19.2 Å². The van der Waals surface area contributed by atoms with Crippen LogP contribution in [0.25, 0.3) is 0 Å². The third kappa shape index (κ3) is 1.95. The maximum absolute atomic E-state index is 13.5. The van der Waals surface area contributed by atoms with Gasteiger partial charge in [-0.2, -0.15) is 0 Å². The molecule has 2 fully saturated rings. The van der Waals surface area contributed by atoms with Crippen LogP contribution in [0.4, 0.5) is 5.69 Å². The quantitative estimate of drug-likeness (QED) is 0.572. The lowest BCUT2D eigenvalue weighted by atomic mass is 9.77. The van der Waals surface area contributed by atoms with E-state index < -0.39 is 40.8 Å². The van der Waals surface area contributed by atoms with Crippen LogP contribution in [0.15, 0.2) is 48.5 Å². The molecular weight excluding hydrogens is 372 g/mol. The molecule has 0 N–H and O–H groups in total. The molecule has 1 spiro atoms. The van der Waals surface area contributed by atoms with Gasteiger partial charge >= 0.3 is 0 Å². The van der Waals surface area contributed by atoms with Crippen molar-refractivity contribution in [3.05, 3.63) is 59.7 Å². The lowest BCUT2D eigenvalue weighted by Gasteiger charge is -2.33. The van der Waals surface area contributed by atoms with E-state index in [1.807, 2.05) is 0 Å². The van der Waals surface area contributed by atoms with E-state index in [0.29, 0.717) is 22.6 Å². The van der Waals surface area contributed by atoms with Crippen molar-refractivity contribution in [3.8, 4) is 5.75 Å². The highest BCUT2D eigenvalue weighted by Crippen LogP contribution is 2.52. The van der Waals surface area contributed by atoms with Crippen LogP contribution in [0, 0.1) is 11.8 Å². The van der Waals surface area contributed by atoms with Crippen molar-refractivity contribution in [2.24, 2.45) is 11.8 Å². The molecule has 2 amide bonds. The summed E-state index contributed by atoms with van der Waals surface area (Å²) in [5, 5.41) is 0. The fourth-order valence-corrected chi connectivity index (χ4v) is 5.13. The van der Waals surface area contributed by atoms with Crippen molar-refractivity contribution >= 4 is 29.1 Å². The van der Waals surface area contributed by atoms with Gasteiger partial charge in [-0.1, -0.05) is 36.4 Å². The van der Waals surface area contributed by atoms with Crippen molar-refractivity contribution in [2.75, 3.05) is 25.6 Å². The fourth-order valence-electron chi connectivity index (χ4n) is 5.13. The van der Waals surface area contributed by atoms with E-state index in [1.165, 1.54) is 7.11 Å². The van der Waals surface area contributed by atoms with Gasteiger partial charge in [0.05, 0.1) is 24.6 Å². The summed E-state index contributed by atoms with van der Waals surface area (Å²) in [5.74, 6) is -3.21. The number of likely N-dealkylation sites (tertiary alicyclic amines) is 1. The highest BCUT2D eigenvalue weighted by Gasteiger charge is 2.72. The summed E-state index contributed by atoms with van der Waals surface area (Å²) >= 11 is 0. The molecule has 7 nitrogen and oxygen atoms in total. The molecule has 2 aromatic rings. The average Bonchev–Trinajstić information content (AvgIpc) is 3.26. The zero-order valence-electron chi connectivity index (χ0n) is 15.9. The molecule has 3 aliphatic rings. The number of ether oxygens (including phenoxy) is 1. The number of hydrogen-bond acceptors (Lipinski definition) is 6. The van der Waals surface area contributed by atoms with Gasteiger partial charge < -0.3 is 4.74 Å². The Bertz CT molecular complexity index is 1070. The van der Waals surface area contributed by atoms with Crippen molar-refractivity contribution in [2.45, 2.75) is 5.54 Å². The van der Waals surface area contributed by atoms with Crippen LogP contribution in [0.3, 0.4) is 0 Å². The van der Waals surface area contributed by atoms with Crippen molar-refractivity contribution in [1.29, 1.82) is 0 Å². The van der Waals surface area contributed by atoms with Crippen molar-refractivity contribution in [1.82, 2.24) is 4.90 Å². The van der Waals surface area contributed by atoms with Crippen molar-refractivity contribution < 1.29 is 23.9 Å². The molecule has 2 saturated heterocycles. The summed E-state index contributed by atoms with van der Waals surface area (Å²) in [6, 6.07) is 13.3. The minimum Gasteiger partial charge on any atom is -0.495 e. The lowest BCUT2D eigenvalue weighted by Crippen LogP contribution is -2.58. The summed E-state index contributed by atoms with van der Waals surface area (Å²) in [6.07, 6.45) is 0. The largest absolute Gasteiger partial charge is 0.495 e. The number of methoxy groups -OCH3 is 1. The number of ketones is 2. The molecule has 7 heteroatoms. The van der Waals surface area contributed by atoms with Crippen LogP contribution >= 0.6 is 0 Å². The molecular formula is C22H18N2O5. The molecule has 2 unspecified atom stereocenters. The molecule has 0 aromatic heterocycles. The standard InChI is InChI=1S/C22H18N2O5/c1-23-11-14-17(22(23)18(25)12-7-3-4-8-13(12)19(22)26)21(28)24(20(14)27)15-9-5-6-10-16(15)29-2/h3-10,14,17H,11H2,1-2H3. The Labute approximate surface area is 166 Å². The first-order chi connectivity index (χ1) is 13.9. The third-order valence-electron chi connectivity index (χ3n) is 6.38. The van der Waals surface area contributed by atoms with E-state index in [1.54, 1.807) is 60.5 Å². The number of nitrogens with zero attached hydrogens (tertiary/aromatic N) is 2. The minimum atomic E-state index is -1.67. The second-order valence-corrected chi connectivity index (χ2v) is 7.62. The molecule has 0 radical (unpaired) electrons. The number of hydrogen-bond donors (Lipinski definition) is 0. The first-order valence-electron chi connectivity index (χ1n) is 9.35. The van der Waals surface area contributed by atoms with E-state index in [2.05, 4.69) is 0 Å². The van der Waals surface area contributed by atoms with Gasteiger partial charge in [-0.15, -0.1) is 0 Å². The number of amides is 2. The number of likely N-dealkylation sites (N-methyl/N-ethyl adjacent to an activating group) is 1. The van der Waals surface area contributed by atoms with Gasteiger partial charge in [0.25, 0.3) is 0 Å². The zero-order chi connectivity index (χ0) is 20.5. The molecule has 2 aromatic carbocycles. The SMILES string of the molecule is COc1ccccc1N1C(=O)C2CN(C)C3(C(=O)c4ccccc4C3=O)C2C1=O. The van der Waals surface area contributed by atoms with Gasteiger partial charge in [-0.3, -0.25) is 24.1 Å². The number of benzene rings is 2. The predicted molar refractivity (Wildman–Crippen MR) is 103 cm³/mol. The lowest BCUT2D eigenvalue weighted by molar-refractivity contribution is -0.123. The topological polar surface area (TPSA) is 84.0 Å². The fraction of sp³-hybridized carbons (Fsp3) is 0.273. The van der Waals surface area contributed by atoms with E-state index in [4.69, 9.17) is 4.74 Å². The van der Waals surface area contributed by atoms with Crippen molar-refractivity contribution in [3.63, 3.8) is 0 Å². The van der Waals surface area contributed by atoms with Gasteiger partial charge in [0, 0.05) is 17.7 Å². The summed E-state index contributed by atoms with van der Waals surface area (Å²) in [4.78, 5) is 56.3. The third-order valence-corrected chi connectivity index (χ3v) is 6.38. The van der Waals surface area contributed by atoms with Gasteiger partial charge in [0.15, 0.2) is 17.1 Å². The number of carbonyl (C=O) groups excluding carboxylic acids is 4. The number of Topliss-reactive ketones (excluding diaryl/α,β-unsaturated/α-hetero) is 2. The number of fused-ring (bicyclic) bond motifs is 3. The summed E-state index contributed by atoms with van der Waals surface area (Å²) in [5.41, 5.74) is -0.729. The number of anilines is 1. The first-order valence-corrected chi connectivity index (χ1v) is 9.35. The number of para-hydroxylation sites is 2. The summed E-state index contributed by atoms with van der Waals surface area (Å²) < 4.78 is 5.32. The van der Waals surface area contributed by atoms with Crippen LogP contribution < -0.4 is 9.64 Å². The Morgan fingerprint density at radius 2 is 1.48 bits per heavy atom. The van der Waals surface area contributed by atoms with Gasteiger partial charge in [-0.25, -0.2) is 4.90 Å². The number of rotatable bonds is 2. The zero-order valence-corrected chi connectivity index (χ0v) is 15.9. The first kappa shape index (κ1) is 17.8. The van der Waals surface area contributed by atoms with Crippen LogP contribution in [-0.2, 0) is 9.59 Å². The summed E-state index contributed by atoms with van der Waals surface area (Å²) in [6.45, 7) is 0.159.